The number of rotatable bonds is 12. The first kappa shape index (κ1) is 23.3. The lowest BCUT2D eigenvalue weighted by molar-refractivity contribution is -0.145. The normalized spacial score (nSPS) is 11.8. The van der Waals surface area contributed by atoms with Gasteiger partial charge in [-0.3, -0.25) is 4.79 Å². The van der Waals surface area contributed by atoms with Crippen molar-refractivity contribution in [2.24, 2.45) is 0 Å². The molecule has 158 valence electrons. The average Bonchev–Trinajstić information content (AvgIpc) is 2.73. The van der Waals surface area contributed by atoms with Gasteiger partial charge in [0.1, 0.15) is 11.8 Å². The number of phenolic OH excluding ortho intramolecular Hbond substituents is 1. The van der Waals surface area contributed by atoms with Crippen molar-refractivity contribution in [1.29, 1.82) is 0 Å². The second kappa shape index (κ2) is 12.6. The third kappa shape index (κ3) is 7.77. The first-order valence-electron chi connectivity index (χ1n) is 9.71. The molecule has 1 atom stereocenters. The van der Waals surface area contributed by atoms with Crippen LogP contribution in [-0.4, -0.2) is 48.6 Å². The summed E-state index contributed by atoms with van der Waals surface area (Å²) < 4.78 is 5.21. The molecule has 0 unspecified atom stereocenters. The fourth-order valence-corrected chi connectivity index (χ4v) is 3.40. The topological polar surface area (TPSA) is 61.8 Å². The number of anilines is 1. The van der Waals surface area contributed by atoms with Gasteiger partial charge in [-0.15, -0.1) is 23.2 Å². The van der Waals surface area contributed by atoms with E-state index in [1.54, 1.807) is 31.2 Å². The molecule has 2 rings (SSSR count). The van der Waals surface area contributed by atoms with Crippen LogP contribution in [0.4, 0.5) is 5.69 Å². The van der Waals surface area contributed by atoms with Crippen LogP contribution >= 0.6 is 23.2 Å². The van der Waals surface area contributed by atoms with Crippen LogP contribution in [0.1, 0.15) is 18.1 Å². The maximum Gasteiger partial charge on any atom is 0.323 e. The van der Waals surface area contributed by atoms with Gasteiger partial charge in [0.2, 0.25) is 0 Å². The third-order valence-electron chi connectivity index (χ3n) is 4.51. The fraction of sp³-hybridized carbons (Fsp3) is 0.409. The van der Waals surface area contributed by atoms with Gasteiger partial charge in [0, 0.05) is 37.1 Å². The molecule has 5 nitrogen and oxygen atoms in total. The van der Waals surface area contributed by atoms with E-state index in [1.165, 1.54) is 0 Å². The summed E-state index contributed by atoms with van der Waals surface area (Å²) >= 11 is 11.8. The van der Waals surface area contributed by atoms with E-state index in [1.807, 2.05) is 24.3 Å². The molecule has 0 aliphatic rings. The summed E-state index contributed by atoms with van der Waals surface area (Å²) in [6.07, 6.45) is 0.483. The molecular weight excluding hydrogens is 411 g/mol. The monoisotopic (exact) mass is 438 g/mol. The van der Waals surface area contributed by atoms with E-state index in [9.17, 15) is 9.90 Å². The van der Waals surface area contributed by atoms with Gasteiger partial charge < -0.3 is 20.1 Å². The molecule has 2 aromatic carbocycles. The predicted octanol–water partition coefficient (Wildman–Crippen LogP) is 3.94. The summed E-state index contributed by atoms with van der Waals surface area (Å²) in [4.78, 5) is 14.5. The maximum atomic E-state index is 12.4. The summed E-state index contributed by atoms with van der Waals surface area (Å²) in [6, 6.07) is 14.5. The Balaban J connectivity index is 2.01. The molecule has 2 aromatic rings. The Morgan fingerprint density at radius 2 is 1.62 bits per heavy atom. The van der Waals surface area contributed by atoms with Crippen LogP contribution in [0.25, 0.3) is 0 Å². The van der Waals surface area contributed by atoms with Crippen LogP contribution < -0.4 is 10.2 Å². The predicted molar refractivity (Wildman–Crippen MR) is 119 cm³/mol. The number of halogens is 2. The van der Waals surface area contributed by atoms with Crippen LogP contribution in [0.2, 0.25) is 0 Å². The number of nitrogens with zero attached hydrogens (tertiary/aromatic N) is 1. The number of carbonyl (C=O) groups excluding carboxylic acids is 1. The van der Waals surface area contributed by atoms with Gasteiger partial charge in [0.25, 0.3) is 0 Å². The minimum atomic E-state index is -0.469. The molecule has 0 heterocycles. The number of carbonyl (C=O) groups is 1. The summed E-state index contributed by atoms with van der Waals surface area (Å²) in [7, 11) is 0. The smallest absolute Gasteiger partial charge is 0.323 e. The number of nitrogens with one attached hydrogen (secondary N) is 1. The zero-order chi connectivity index (χ0) is 21.1. The molecule has 0 saturated carbocycles. The highest BCUT2D eigenvalue weighted by molar-refractivity contribution is 6.18. The lowest BCUT2D eigenvalue weighted by Crippen LogP contribution is -2.39. The summed E-state index contributed by atoms with van der Waals surface area (Å²) in [5, 5.41) is 12.7. The van der Waals surface area contributed by atoms with Crippen molar-refractivity contribution in [3.05, 3.63) is 59.7 Å². The second-order valence-electron chi connectivity index (χ2n) is 6.59. The highest BCUT2D eigenvalue weighted by Gasteiger charge is 2.20. The Hall–Kier alpha value is -1.95. The summed E-state index contributed by atoms with van der Waals surface area (Å²) in [6.45, 7) is 4.14. The highest BCUT2D eigenvalue weighted by Crippen LogP contribution is 2.16. The Labute approximate surface area is 182 Å². The minimum Gasteiger partial charge on any atom is -0.508 e. The third-order valence-corrected chi connectivity index (χ3v) is 4.85. The number of esters is 1. The van der Waals surface area contributed by atoms with Crippen molar-refractivity contribution in [1.82, 2.24) is 5.32 Å². The Morgan fingerprint density at radius 1 is 1.03 bits per heavy atom. The van der Waals surface area contributed by atoms with Crippen molar-refractivity contribution in [3.63, 3.8) is 0 Å². The number of phenols is 1. The molecule has 0 bridgehead atoms. The number of benzene rings is 2. The quantitative estimate of drug-likeness (QED) is 0.388. The zero-order valence-electron chi connectivity index (χ0n) is 16.6. The fourth-order valence-electron chi connectivity index (χ4n) is 2.99. The van der Waals surface area contributed by atoms with Gasteiger partial charge in [-0.2, -0.15) is 0 Å². The molecule has 0 radical (unpaired) electrons. The number of hydrogen-bond donors (Lipinski definition) is 2. The molecule has 2 N–H and O–H groups in total. The Morgan fingerprint density at radius 3 is 2.17 bits per heavy atom. The number of ether oxygens (including phenoxy) is 1. The maximum absolute atomic E-state index is 12.4. The van der Waals surface area contributed by atoms with Gasteiger partial charge in [0.05, 0.1) is 6.61 Å². The van der Waals surface area contributed by atoms with E-state index in [4.69, 9.17) is 27.9 Å². The van der Waals surface area contributed by atoms with Crippen LogP contribution in [0, 0.1) is 0 Å². The van der Waals surface area contributed by atoms with E-state index in [2.05, 4.69) is 10.2 Å². The van der Waals surface area contributed by atoms with E-state index >= 15 is 0 Å². The van der Waals surface area contributed by atoms with Crippen LogP contribution in [0.15, 0.2) is 48.5 Å². The first-order chi connectivity index (χ1) is 14.1. The molecule has 0 spiro atoms. The van der Waals surface area contributed by atoms with E-state index in [0.717, 1.165) is 29.9 Å². The molecular formula is C22H28Cl2N2O3. The number of alkyl halides is 2. The summed E-state index contributed by atoms with van der Waals surface area (Å²) in [5.74, 6) is 0.997. The van der Waals surface area contributed by atoms with Crippen LogP contribution in [0.5, 0.6) is 5.75 Å². The molecule has 0 aliphatic carbocycles. The van der Waals surface area contributed by atoms with Crippen molar-refractivity contribution in [2.45, 2.75) is 25.9 Å². The molecule has 0 fully saturated rings. The average molecular weight is 439 g/mol. The van der Waals surface area contributed by atoms with E-state index in [-0.39, 0.29) is 11.7 Å². The molecule has 0 aliphatic heterocycles. The SMILES string of the molecule is CCOC(=O)[C@@H](Cc1ccc(O)cc1)NCc1ccc(N(CCCl)CCCl)cc1. The van der Waals surface area contributed by atoms with Crippen molar-refractivity contribution in [3.8, 4) is 5.75 Å². The molecule has 29 heavy (non-hydrogen) atoms. The summed E-state index contributed by atoms with van der Waals surface area (Å²) in [5.41, 5.74) is 3.08. The molecule has 0 amide bonds. The van der Waals surface area contributed by atoms with E-state index in [0.29, 0.717) is 31.3 Å². The van der Waals surface area contributed by atoms with Crippen LogP contribution in [-0.2, 0) is 22.5 Å². The zero-order valence-corrected chi connectivity index (χ0v) is 18.1. The van der Waals surface area contributed by atoms with Gasteiger partial charge in [-0.25, -0.2) is 0 Å². The van der Waals surface area contributed by atoms with E-state index < -0.39 is 6.04 Å². The van der Waals surface area contributed by atoms with Crippen LogP contribution in [0.3, 0.4) is 0 Å². The number of hydrogen-bond acceptors (Lipinski definition) is 5. The van der Waals surface area contributed by atoms with Crippen molar-refractivity contribution >= 4 is 34.9 Å². The van der Waals surface area contributed by atoms with Gasteiger partial charge in [0.15, 0.2) is 0 Å². The van der Waals surface area contributed by atoms with Gasteiger partial charge in [-0.05, 0) is 48.7 Å². The minimum absolute atomic E-state index is 0.201. The molecule has 0 aromatic heterocycles. The molecule has 0 saturated heterocycles. The highest BCUT2D eigenvalue weighted by atomic mass is 35.5. The largest absolute Gasteiger partial charge is 0.508 e. The lowest BCUT2D eigenvalue weighted by atomic mass is 10.1. The standard InChI is InChI=1S/C22H28Cl2N2O3/c1-2-29-22(28)21(15-17-5-9-20(27)10-6-17)25-16-18-3-7-19(8-4-18)26(13-11-23)14-12-24/h3-10,21,25,27H,2,11-16H2,1H3/t21-/m1/s1. The lowest BCUT2D eigenvalue weighted by Gasteiger charge is -2.23. The second-order valence-corrected chi connectivity index (χ2v) is 7.34. The van der Waals surface area contributed by atoms with Crippen molar-refractivity contribution in [2.75, 3.05) is 36.4 Å². The van der Waals surface area contributed by atoms with Gasteiger partial charge in [-0.1, -0.05) is 24.3 Å². The van der Waals surface area contributed by atoms with Crippen molar-refractivity contribution < 1.29 is 14.6 Å². The first-order valence-corrected chi connectivity index (χ1v) is 10.8. The Bertz CT molecular complexity index is 733. The van der Waals surface area contributed by atoms with Gasteiger partial charge >= 0.3 is 5.97 Å². The number of aromatic hydroxyl groups is 1. The Kier molecular flexibility index (Phi) is 10.1. The molecule has 7 heteroatoms.